The van der Waals surface area contributed by atoms with E-state index >= 15 is 0 Å². The molecule has 2 rings (SSSR count). The number of rotatable bonds is 4. The highest BCUT2D eigenvalue weighted by molar-refractivity contribution is 5.76. The maximum absolute atomic E-state index is 12.3. The summed E-state index contributed by atoms with van der Waals surface area (Å²) in [7, 11) is 2.02. The molecular weight excluding hydrogens is 270 g/mol. The van der Waals surface area contributed by atoms with Gasteiger partial charge in [0.1, 0.15) is 0 Å². The van der Waals surface area contributed by atoms with Gasteiger partial charge in [0.2, 0.25) is 0 Å². The molecule has 0 aliphatic carbocycles. The van der Waals surface area contributed by atoms with Crippen LogP contribution in [0, 0.1) is 0 Å². The van der Waals surface area contributed by atoms with E-state index in [0.29, 0.717) is 13.1 Å². The molecular formula is C15H21N3O3. The lowest BCUT2D eigenvalue weighted by Crippen LogP contribution is -2.51. The Labute approximate surface area is 124 Å². The molecule has 1 aromatic rings. The second-order valence-electron chi connectivity index (χ2n) is 5.30. The zero-order chi connectivity index (χ0) is 15.2. The van der Waals surface area contributed by atoms with Crippen LogP contribution in [0.2, 0.25) is 0 Å². The number of hydrogen-bond donors (Lipinski definition) is 2. The van der Waals surface area contributed by atoms with Crippen LogP contribution in [0.3, 0.4) is 0 Å². The van der Waals surface area contributed by atoms with Crippen LogP contribution in [0.25, 0.3) is 0 Å². The normalized spacial score (nSPS) is 17.3. The quantitative estimate of drug-likeness (QED) is 0.873. The maximum Gasteiger partial charge on any atom is 0.317 e. The molecule has 0 spiro atoms. The largest absolute Gasteiger partial charge is 0.481 e. The SMILES string of the molecule is CN1CCN(C(=O)NC(CC(=O)O)c2ccccc2)CC1. The van der Waals surface area contributed by atoms with Crippen LogP contribution in [-0.4, -0.2) is 60.1 Å². The van der Waals surface area contributed by atoms with Crippen molar-refractivity contribution >= 4 is 12.0 Å². The molecule has 1 saturated heterocycles. The predicted octanol–water partition coefficient (Wildman–Crippen LogP) is 1.16. The summed E-state index contributed by atoms with van der Waals surface area (Å²) in [6.45, 7) is 3.00. The zero-order valence-corrected chi connectivity index (χ0v) is 12.2. The fraction of sp³-hybridized carbons (Fsp3) is 0.467. The standard InChI is InChI=1S/C15H21N3O3/c1-17-7-9-18(10-8-17)15(21)16-13(11-14(19)20)12-5-3-2-4-6-12/h2-6,13H,7-11H2,1H3,(H,16,21)(H,19,20). The summed E-state index contributed by atoms with van der Waals surface area (Å²) in [5, 5.41) is 11.9. The summed E-state index contributed by atoms with van der Waals surface area (Å²) in [6, 6.07) is 8.51. The first-order valence-corrected chi connectivity index (χ1v) is 7.07. The van der Waals surface area contributed by atoms with Crippen molar-refractivity contribution in [3.63, 3.8) is 0 Å². The third kappa shape index (κ3) is 4.46. The van der Waals surface area contributed by atoms with Crippen LogP contribution in [0.5, 0.6) is 0 Å². The number of piperazine rings is 1. The van der Waals surface area contributed by atoms with Crippen molar-refractivity contribution in [3.05, 3.63) is 35.9 Å². The Morgan fingerprint density at radius 1 is 1.19 bits per heavy atom. The Morgan fingerprint density at radius 2 is 1.81 bits per heavy atom. The number of nitrogens with zero attached hydrogens (tertiary/aromatic N) is 2. The van der Waals surface area contributed by atoms with E-state index in [4.69, 9.17) is 5.11 Å². The highest BCUT2D eigenvalue weighted by Crippen LogP contribution is 2.17. The zero-order valence-electron chi connectivity index (χ0n) is 12.2. The van der Waals surface area contributed by atoms with E-state index in [2.05, 4.69) is 10.2 Å². The number of aliphatic carboxylic acids is 1. The molecule has 0 radical (unpaired) electrons. The Morgan fingerprint density at radius 3 is 2.38 bits per heavy atom. The van der Waals surface area contributed by atoms with Gasteiger partial charge in [-0.1, -0.05) is 30.3 Å². The Hall–Kier alpha value is -2.08. The highest BCUT2D eigenvalue weighted by atomic mass is 16.4. The van der Waals surface area contributed by atoms with Crippen LogP contribution < -0.4 is 5.32 Å². The number of carboxylic acids is 1. The second kappa shape index (κ2) is 7.08. The summed E-state index contributed by atoms with van der Waals surface area (Å²) in [4.78, 5) is 27.2. The number of carbonyl (C=O) groups is 2. The second-order valence-corrected chi connectivity index (χ2v) is 5.30. The molecule has 1 aliphatic heterocycles. The van der Waals surface area contributed by atoms with Gasteiger partial charge in [0, 0.05) is 26.2 Å². The molecule has 6 nitrogen and oxygen atoms in total. The van der Waals surface area contributed by atoms with Crippen LogP contribution in [0.4, 0.5) is 4.79 Å². The summed E-state index contributed by atoms with van der Waals surface area (Å²) >= 11 is 0. The predicted molar refractivity (Wildman–Crippen MR) is 79.0 cm³/mol. The third-order valence-electron chi connectivity index (χ3n) is 3.67. The molecule has 0 bridgehead atoms. The van der Waals surface area contributed by atoms with Gasteiger partial charge in [0.15, 0.2) is 0 Å². The van der Waals surface area contributed by atoms with Crippen molar-refractivity contribution in [1.82, 2.24) is 15.1 Å². The Balaban J connectivity index is 2.01. The smallest absolute Gasteiger partial charge is 0.317 e. The van der Waals surface area contributed by atoms with Gasteiger partial charge >= 0.3 is 12.0 Å². The molecule has 1 atom stereocenters. The van der Waals surface area contributed by atoms with Crippen molar-refractivity contribution in [2.24, 2.45) is 0 Å². The van der Waals surface area contributed by atoms with E-state index in [-0.39, 0.29) is 12.5 Å². The Kier molecular flexibility index (Phi) is 5.16. The average molecular weight is 291 g/mol. The lowest BCUT2D eigenvalue weighted by molar-refractivity contribution is -0.137. The van der Waals surface area contributed by atoms with Gasteiger partial charge in [-0.15, -0.1) is 0 Å². The number of hydrogen-bond acceptors (Lipinski definition) is 3. The topological polar surface area (TPSA) is 72.9 Å². The molecule has 1 unspecified atom stereocenters. The van der Waals surface area contributed by atoms with Crippen molar-refractivity contribution in [2.45, 2.75) is 12.5 Å². The first kappa shape index (κ1) is 15.3. The van der Waals surface area contributed by atoms with Gasteiger partial charge in [-0.05, 0) is 12.6 Å². The first-order chi connectivity index (χ1) is 10.1. The highest BCUT2D eigenvalue weighted by Gasteiger charge is 2.23. The summed E-state index contributed by atoms with van der Waals surface area (Å²) in [5.41, 5.74) is 0.808. The molecule has 21 heavy (non-hydrogen) atoms. The Bertz CT molecular complexity index is 484. The lowest BCUT2D eigenvalue weighted by atomic mass is 10.0. The number of amides is 2. The molecule has 6 heteroatoms. The summed E-state index contributed by atoms with van der Waals surface area (Å²) in [5.74, 6) is -0.928. The molecule has 0 saturated carbocycles. The summed E-state index contributed by atoms with van der Waals surface area (Å²) in [6.07, 6.45) is -0.122. The molecule has 2 amide bonds. The molecule has 1 aromatic carbocycles. The first-order valence-electron chi connectivity index (χ1n) is 7.07. The number of benzene rings is 1. The maximum atomic E-state index is 12.3. The van der Waals surface area contributed by atoms with E-state index < -0.39 is 12.0 Å². The summed E-state index contributed by atoms with van der Waals surface area (Å²) < 4.78 is 0. The van der Waals surface area contributed by atoms with E-state index in [1.165, 1.54) is 0 Å². The van der Waals surface area contributed by atoms with Gasteiger partial charge < -0.3 is 20.2 Å². The van der Waals surface area contributed by atoms with E-state index in [0.717, 1.165) is 18.7 Å². The van der Waals surface area contributed by atoms with Crippen LogP contribution in [0.15, 0.2) is 30.3 Å². The van der Waals surface area contributed by atoms with Crippen molar-refractivity contribution in [2.75, 3.05) is 33.2 Å². The fourth-order valence-corrected chi connectivity index (χ4v) is 2.36. The minimum atomic E-state index is -0.928. The van der Waals surface area contributed by atoms with Gasteiger partial charge in [0.25, 0.3) is 0 Å². The van der Waals surface area contributed by atoms with Gasteiger partial charge in [-0.25, -0.2) is 4.79 Å². The van der Waals surface area contributed by atoms with Gasteiger partial charge in [0.05, 0.1) is 12.5 Å². The lowest BCUT2D eigenvalue weighted by Gasteiger charge is -2.33. The number of urea groups is 1. The molecule has 2 N–H and O–H groups in total. The van der Waals surface area contributed by atoms with Crippen LogP contribution in [0.1, 0.15) is 18.0 Å². The van der Waals surface area contributed by atoms with E-state index in [9.17, 15) is 9.59 Å². The molecule has 0 aromatic heterocycles. The number of carboxylic acid groups (broad SMARTS) is 1. The number of likely N-dealkylation sites (N-methyl/N-ethyl adjacent to an activating group) is 1. The molecule has 1 fully saturated rings. The molecule has 1 heterocycles. The van der Waals surface area contributed by atoms with Crippen molar-refractivity contribution < 1.29 is 14.7 Å². The van der Waals surface area contributed by atoms with Crippen LogP contribution in [-0.2, 0) is 4.79 Å². The minimum absolute atomic E-state index is 0.122. The van der Waals surface area contributed by atoms with E-state index in [1.54, 1.807) is 4.90 Å². The van der Waals surface area contributed by atoms with Gasteiger partial charge in [-0.3, -0.25) is 4.79 Å². The third-order valence-corrected chi connectivity index (χ3v) is 3.67. The van der Waals surface area contributed by atoms with Crippen molar-refractivity contribution in [1.29, 1.82) is 0 Å². The fourth-order valence-electron chi connectivity index (χ4n) is 2.36. The minimum Gasteiger partial charge on any atom is -0.481 e. The number of nitrogens with one attached hydrogen (secondary N) is 1. The van der Waals surface area contributed by atoms with Gasteiger partial charge in [-0.2, -0.15) is 0 Å². The average Bonchev–Trinajstić information content (AvgIpc) is 2.47. The monoisotopic (exact) mass is 291 g/mol. The molecule has 1 aliphatic rings. The van der Waals surface area contributed by atoms with Crippen LogP contribution >= 0.6 is 0 Å². The molecule has 114 valence electrons. The number of carbonyl (C=O) groups excluding carboxylic acids is 1. The van der Waals surface area contributed by atoms with E-state index in [1.807, 2.05) is 37.4 Å². The van der Waals surface area contributed by atoms with Crippen molar-refractivity contribution in [3.8, 4) is 0 Å².